The van der Waals surface area contributed by atoms with Crippen molar-refractivity contribution in [1.82, 2.24) is 14.9 Å². The summed E-state index contributed by atoms with van der Waals surface area (Å²) in [5.41, 5.74) is 4.80. The molecule has 0 atom stereocenters. The molecule has 0 bridgehead atoms. The molecule has 0 aliphatic rings. The van der Waals surface area contributed by atoms with E-state index in [1.807, 2.05) is 6.21 Å². The first kappa shape index (κ1) is 11.7. The topological polar surface area (TPSA) is 46.0 Å². The molecular weight excluding hydrogens is 232 g/mol. The number of aryl methyl sites for hydroxylation is 3. The standard InChI is InChI=1S/C12H14N4S/c1-8-4-9(2)11(10(3)5-8)6-14-16-7-13-15-12(16)17/h4-7H,1-3H3,(H,15,17). The summed E-state index contributed by atoms with van der Waals surface area (Å²) in [4.78, 5) is 0. The zero-order valence-corrected chi connectivity index (χ0v) is 10.9. The van der Waals surface area contributed by atoms with Crippen molar-refractivity contribution >= 4 is 18.4 Å². The van der Waals surface area contributed by atoms with Crippen molar-refractivity contribution in [2.24, 2.45) is 5.10 Å². The van der Waals surface area contributed by atoms with E-state index >= 15 is 0 Å². The van der Waals surface area contributed by atoms with Gasteiger partial charge in [0.2, 0.25) is 4.77 Å². The highest BCUT2D eigenvalue weighted by molar-refractivity contribution is 7.71. The van der Waals surface area contributed by atoms with Crippen LogP contribution < -0.4 is 0 Å². The number of benzene rings is 1. The van der Waals surface area contributed by atoms with Gasteiger partial charge >= 0.3 is 0 Å². The number of nitrogens with one attached hydrogen (secondary N) is 1. The molecule has 1 aromatic carbocycles. The fraction of sp³-hybridized carbons (Fsp3) is 0.250. The minimum atomic E-state index is 0.490. The van der Waals surface area contributed by atoms with Gasteiger partial charge in [-0.15, -0.1) is 0 Å². The molecule has 0 amide bonds. The summed E-state index contributed by atoms with van der Waals surface area (Å²) in [5, 5.41) is 10.8. The van der Waals surface area contributed by atoms with E-state index < -0.39 is 0 Å². The fourth-order valence-electron chi connectivity index (χ4n) is 1.84. The molecule has 0 radical (unpaired) electrons. The minimum Gasteiger partial charge on any atom is -0.250 e. The third kappa shape index (κ3) is 2.50. The third-order valence-corrected chi connectivity index (χ3v) is 2.86. The fourth-order valence-corrected chi connectivity index (χ4v) is 1.99. The molecule has 0 unspecified atom stereocenters. The van der Waals surface area contributed by atoms with E-state index in [4.69, 9.17) is 12.2 Å². The molecule has 2 aromatic rings. The highest BCUT2D eigenvalue weighted by Gasteiger charge is 2.01. The molecule has 0 aliphatic heterocycles. The van der Waals surface area contributed by atoms with E-state index in [2.05, 4.69) is 48.2 Å². The molecule has 88 valence electrons. The molecule has 17 heavy (non-hydrogen) atoms. The van der Waals surface area contributed by atoms with E-state index in [1.165, 1.54) is 21.4 Å². The van der Waals surface area contributed by atoms with Gasteiger partial charge in [0.15, 0.2) is 0 Å². The Morgan fingerprint density at radius 3 is 2.47 bits per heavy atom. The molecule has 1 heterocycles. The number of H-pyrrole nitrogens is 1. The zero-order valence-electron chi connectivity index (χ0n) is 10.1. The molecule has 0 spiro atoms. The van der Waals surface area contributed by atoms with Gasteiger partial charge in [0.25, 0.3) is 0 Å². The Bertz CT molecular complexity index is 598. The van der Waals surface area contributed by atoms with Gasteiger partial charge < -0.3 is 0 Å². The van der Waals surface area contributed by atoms with E-state index in [-0.39, 0.29) is 0 Å². The summed E-state index contributed by atoms with van der Waals surface area (Å²) >= 11 is 5.02. The summed E-state index contributed by atoms with van der Waals surface area (Å²) in [5.74, 6) is 0. The lowest BCUT2D eigenvalue weighted by Gasteiger charge is -2.06. The summed E-state index contributed by atoms with van der Waals surface area (Å²) in [6, 6.07) is 4.28. The lowest BCUT2D eigenvalue weighted by molar-refractivity contribution is 0.862. The Morgan fingerprint density at radius 2 is 1.94 bits per heavy atom. The van der Waals surface area contributed by atoms with Crippen LogP contribution in [0, 0.1) is 25.5 Å². The number of aromatic amines is 1. The van der Waals surface area contributed by atoms with Crippen LogP contribution in [-0.2, 0) is 0 Å². The van der Waals surface area contributed by atoms with Gasteiger partial charge in [-0.1, -0.05) is 17.7 Å². The zero-order chi connectivity index (χ0) is 12.4. The van der Waals surface area contributed by atoms with E-state index in [1.54, 1.807) is 6.33 Å². The predicted molar refractivity (Wildman–Crippen MR) is 71.1 cm³/mol. The summed E-state index contributed by atoms with van der Waals surface area (Å²) in [6.45, 7) is 6.25. The van der Waals surface area contributed by atoms with Crippen LogP contribution in [0.3, 0.4) is 0 Å². The maximum absolute atomic E-state index is 5.02. The van der Waals surface area contributed by atoms with Crippen LogP contribution in [-0.4, -0.2) is 21.1 Å². The average molecular weight is 246 g/mol. The van der Waals surface area contributed by atoms with Gasteiger partial charge in [-0.05, 0) is 44.1 Å². The Hall–Kier alpha value is -1.75. The van der Waals surface area contributed by atoms with Crippen LogP contribution >= 0.6 is 12.2 Å². The third-order valence-electron chi connectivity index (χ3n) is 2.58. The second-order valence-electron chi connectivity index (χ2n) is 4.06. The van der Waals surface area contributed by atoms with Gasteiger partial charge in [-0.2, -0.15) is 14.9 Å². The van der Waals surface area contributed by atoms with Crippen molar-refractivity contribution in [3.8, 4) is 0 Å². The SMILES string of the molecule is Cc1cc(C)c(C=Nn2cn[nH]c2=S)c(C)c1. The molecule has 1 N–H and O–H groups in total. The molecule has 0 saturated heterocycles. The van der Waals surface area contributed by atoms with E-state index in [0.717, 1.165) is 5.56 Å². The van der Waals surface area contributed by atoms with E-state index in [9.17, 15) is 0 Å². The van der Waals surface area contributed by atoms with Crippen LogP contribution in [0.25, 0.3) is 0 Å². The van der Waals surface area contributed by atoms with Crippen LogP contribution in [0.1, 0.15) is 22.3 Å². The lowest BCUT2D eigenvalue weighted by atomic mass is 10.0. The van der Waals surface area contributed by atoms with Crippen molar-refractivity contribution in [2.75, 3.05) is 0 Å². The molecule has 0 saturated carbocycles. The Labute approximate surface area is 105 Å². The normalized spacial score (nSPS) is 11.2. The van der Waals surface area contributed by atoms with Crippen molar-refractivity contribution in [3.05, 3.63) is 45.5 Å². The van der Waals surface area contributed by atoms with Gasteiger partial charge in [0.1, 0.15) is 6.33 Å². The largest absolute Gasteiger partial charge is 0.250 e. The summed E-state index contributed by atoms with van der Waals surface area (Å²) in [6.07, 6.45) is 3.37. The lowest BCUT2D eigenvalue weighted by Crippen LogP contribution is -1.96. The maximum Gasteiger partial charge on any atom is 0.216 e. The smallest absolute Gasteiger partial charge is 0.216 e. The van der Waals surface area contributed by atoms with Crippen LogP contribution in [0.4, 0.5) is 0 Å². The first-order valence-corrected chi connectivity index (χ1v) is 5.73. The first-order valence-electron chi connectivity index (χ1n) is 5.32. The van der Waals surface area contributed by atoms with E-state index in [0.29, 0.717) is 4.77 Å². The van der Waals surface area contributed by atoms with Crippen LogP contribution in [0.5, 0.6) is 0 Å². The quantitative estimate of drug-likeness (QED) is 0.654. The molecule has 2 rings (SSSR count). The van der Waals surface area contributed by atoms with Crippen molar-refractivity contribution in [1.29, 1.82) is 0 Å². The molecular formula is C12H14N4S. The Morgan fingerprint density at radius 1 is 1.29 bits per heavy atom. The molecule has 0 fully saturated rings. The van der Waals surface area contributed by atoms with Gasteiger partial charge in [0.05, 0.1) is 6.21 Å². The second-order valence-corrected chi connectivity index (χ2v) is 4.45. The molecule has 5 heteroatoms. The number of hydrogen-bond acceptors (Lipinski definition) is 3. The Balaban J connectivity index is 2.40. The van der Waals surface area contributed by atoms with Gasteiger partial charge in [-0.25, -0.2) is 0 Å². The van der Waals surface area contributed by atoms with Crippen LogP contribution in [0.2, 0.25) is 0 Å². The van der Waals surface area contributed by atoms with Gasteiger partial charge in [0, 0.05) is 5.56 Å². The number of hydrogen-bond donors (Lipinski definition) is 1. The summed E-state index contributed by atoms with van der Waals surface area (Å²) < 4.78 is 2.03. The van der Waals surface area contributed by atoms with Crippen molar-refractivity contribution in [2.45, 2.75) is 20.8 Å². The van der Waals surface area contributed by atoms with Crippen LogP contribution in [0.15, 0.2) is 23.6 Å². The molecule has 1 aromatic heterocycles. The second kappa shape index (κ2) is 4.63. The van der Waals surface area contributed by atoms with Gasteiger partial charge in [-0.3, -0.25) is 5.10 Å². The number of rotatable bonds is 2. The highest BCUT2D eigenvalue weighted by Crippen LogP contribution is 2.14. The van der Waals surface area contributed by atoms with Crippen molar-refractivity contribution < 1.29 is 0 Å². The molecule has 4 nitrogen and oxygen atoms in total. The number of aromatic nitrogens is 3. The highest BCUT2D eigenvalue weighted by atomic mass is 32.1. The molecule has 0 aliphatic carbocycles. The monoisotopic (exact) mass is 246 g/mol. The average Bonchev–Trinajstić information content (AvgIpc) is 2.62. The number of nitrogens with zero attached hydrogens (tertiary/aromatic N) is 3. The maximum atomic E-state index is 5.02. The predicted octanol–water partition coefficient (Wildman–Crippen LogP) is 2.75. The van der Waals surface area contributed by atoms with Crippen molar-refractivity contribution in [3.63, 3.8) is 0 Å². The minimum absolute atomic E-state index is 0.490. The summed E-state index contributed by atoms with van der Waals surface area (Å²) in [7, 11) is 0. The Kier molecular flexibility index (Phi) is 3.19. The first-order chi connectivity index (χ1) is 8.08.